The molecular weight excluding hydrogens is 338 g/mol. The maximum atomic E-state index is 12.7. The molecule has 6 heteroatoms. The lowest BCUT2D eigenvalue weighted by molar-refractivity contribution is -0.142. The Labute approximate surface area is 158 Å². The van der Waals surface area contributed by atoms with Gasteiger partial charge in [-0.05, 0) is 63.5 Å². The average molecular weight is 372 g/mol. The molecule has 0 spiro atoms. The summed E-state index contributed by atoms with van der Waals surface area (Å²) in [4.78, 5) is 29.1. The first-order chi connectivity index (χ1) is 11.6. The van der Waals surface area contributed by atoms with Crippen molar-refractivity contribution in [2.45, 2.75) is 51.9 Å². The van der Waals surface area contributed by atoms with E-state index in [1.807, 2.05) is 4.90 Å². The molecule has 0 bridgehead atoms. The van der Waals surface area contributed by atoms with Crippen LogP contribution in [0.5, 0.6) is 0 Å². The highest BCUT2D eigenvalue weighted by Gasteiger charge is 2.31. The third kappa shape index (κ3) is 5.58. The number of piperidine rings is 2. The van der Waals surface area contributed by atoms with Crippen molar-refractivity contribution < 1.29 is 9.59 Å². The molecule has 2 amide bonds. The first-order valence-electron chi connectivity index (χ1n) is 9.90. The molecule has 1 N–H and O–H groups in total. The van der Waals surface area contributed by atoms with E-state index < -0.39 is 0 Å². The summed E-state index contributed by atoms with van der Waals surface area (Å²) in [6.45, 7) is 7.79. The monoisotopic (exact) mass is 371 g/mol. The van der Waals surface area contributed by atoms with Crippen LogP contribution in [0, 0.1) is 17.8 Å². The van der Waals surface area contributed by atoms with Crippen molar-refractivity contribution in [2.24, 2.45) is 17.8 Å². The van der Waals surface area contributed by atoms with Crippen LogP contribution in [0.4, 0.5) is 0 Å². The van der Waals surface area contributed by atoms with Gasteiger partial charge in [-0.1, -0.05) is 6.92 Å². The molecule has 3 aliphatic rings. The molecule has 3 heterocycles. The minimum atomic E-state index is 0. The van der Waals surface area contributed by atoms with Gasteiger partial charge in [0.05, 0.1) is 0 Å². The topological polar surface area (TPSA) is 52.7 Å². The minimum Gasteiger partial charge on any atom is -0.343 e. The van der Waals surface area contributed by atoms with Gasteiger partial charge in [0.25, 0.3) is 0 Å². The largest absolute Gasteiger partial charge is 0.343 e. The summed E-state index contributed by atoms with van der Waals surface area (Å²) >= 11 is 0. The van der Waals surface area contributed by atoms with Gasteiger partial charge in [0.15, 0.2) is 0 Å². The molecule has 2 unspecified atom stereocenters. The van der Waals surface area contributed by atoms with Crippen molar-refractivity contribution in [3.05, 3.63) is 0 Å². The van der Waals surface area contributed by atoms with Crippen LogP contribution >= 0.6 is 12.4 Å². The smallest absolute Gasteiger partial charge is 0.225 e. The lowest BCUT2D eigenvalue weighted by Gasteiger charge is -2.37. The molecule has 3 fully saturated rings. The summed E-state index contributed by atoms with van der Waals surface area (Å²) in [5.74, 6) is 2.08. The summed E-state index contributed by atoms with van der Waals surface area (Å²) in [6, 6.07) is 0. The van der Waals surface area contributed by atoms with Crippen LogP contribution in [-0.4, -0.2) is 60.9 Å². The van der Waals surface area contributed by atoms with Crippen molar-refractivity contribution in [1.29, 1.82) is 0 Å². The zero-order valence-corrected chi connectivity index (χ0v) is 16.4. The predicted molar refractivity (Wildman–Crippen MR) is 102 cm³/mol. The zero-order valence-electron chi connectivity index (χ0n) is 15.5. The standard InChI is InChI=1S/C19H33N3O2.ClH/c1-15-3-2-10-22(14-15)19(24)17-7-11-21(12-8-17)18(23)5-4-16-6-9-20-13-16;/h15-17,20H,2-14H2,1H3;1H. The van der Waals surface area contributed by atoms with Crippen molar-refractivity contribution in [3.63, 3.8) is 0 Å². The minimum absolute atomic E-state index is 0. The van der Waals surface area contributed by atoms with Crippen LogP contribution in [0.2, 0.25) is 0 Å². The molecule has 5 nitrogen and oxygen atoms in total. The Morgan fingerprint density at radius 2 is 1.80 bits per heavy atom. The predicted octanol–water partition coefficient (Wildman–Crippen LogP) is 2.30. The molecular formula is C19H34ClN3O2. The van der Waals surface area contributed by atoms with Gasteiger partial charge < -0.3 is 15.1 Å². The van der Waals surface area contributed by atoms with E-state index in [4.69, 9.17) is 0 Å². The normalized spacial score (nSPS) is 27.9. The summed E-state index contributed by atoms with van der Waals surface area (Å²) in [7, 11) is 0. The maximum absolute atomic E-state index is 12.7. The Kier molecular flexibility index (Phi) is 8.01. The number of nitrogens with one attached hydrogen (secondary N) is 1. The van der Waals surface area contributed by atoms with E-state index in [1.54, 1.807) is 0 Å². The average Bonchev–Trinajstić information content (AvgIpc) is 3.13. The lowest BCUT2D eigenvalue weighted by atomic mass is 9.92. The van der Waals surface area contributed by atoms with Crippen LogP contribution in [0.3, 0.4) is 0 Å². The Bertz CT molecular complexity index is 446. The van der Waals surface area contributed by atoms with Crippen molar-refractivity contribution >= 4 is 24.2 Å². The van der Waals surface area contributed by atoms with Crippen LogP contribution in [0.1, 0.15) is 51.9 Å². The summed E-state index contributed by atoms with van der Waals surface area (Å²) < 4.78 is 0. The first-order valence-corrected chi connectivity index (χ1v) is 9.90. The zero-order chi connectivity index (χ0) is 16.9. The van der Waals surface area contributed by atoms with E-state index in [2.05, 4.69) is 17.1 Å². The second-order valence-corrected chi connectivity index (χ2v) is 8.08. The van der Waals surface area contributed by atoms with Gasteiger partial charge in [-0.3, -0.25) is 9.59 Å². The Morgan fingerprint density at radius 3 is 2.44 bits per heavy atom. The number of hydrogen-bond donors (Lipinski definition) is 1. The van der Waals surface area contributed by atoms with Crippen LogP contribution in [0.25, 0.3) is 0 Å². The van der Waals surface area contributed by atoms with Crippen molar-refractivity contribution in [2.75, 3.05) is 39.3 Å². The van der Waals surface area contributed by atoms with E-state index in [0.717, 1.165) is 65.0 Å². The molecule has 3 rings (SSSR count). The molecule has 144 valence electrons. The van der Waals surface area contributed by atoms with Gasteiger partial charge in [0.2, 0.25) is 11.8 Å². The third-order valence-corrected chi connectivity index (χ3v) is 6.09. The van der Waals surface area contributed by atoms with Crippen LogP contribution < -0.4 is 5.32 Å². The number of carbonyl (C=O) groups is 2. The number of hydrogen-bond acceptors (Lipinski definition) is 3. The fourth-order valence-corrected chi connectivity index (χ4v) is 4.47. The lowest BCUT2D eigenvalue weighted by Crippen LogP contribution is -2.47. The SMILES string of the molecule is CC1CCCN(C(=O)C2CCN(C(=O)CCC3CCNC3)CC2)C1.Cl. The second-order valence-electron chi connectivity index (χ2n) is 8.08. The molecule has 3 saturated heterocycles. The summed E-state index contributed by atoms with van der Waals surface area (Å²) in [5.41, 5.74) is 0. The number of rotatable bonds is 4. The van der Waals surface area contributed by atoms with Crippen molar-refractivity contribution in [3.8, 4) is 0 Å². The van der Waals surface area contributed by atoms with Crippen LogP contribution in [-0.2, 0) is 9.59 Å². The van der Waals surface area contributed by atoms with Gasteiger partial charge >= 0.3 is 0 Å². The number of likely N-dealkylation sites (tertiary alicyclic amines) is 2. The number of carbonyl (C=O) groups excluding carboxylic acids is 2. The highest BCUT2D eigenvalue weighted by atomic mass is 35.5. The van der Waals surface area contributed by atoms with Crippen LogP contribution in [0.15, 0.2) is 0 Å². The molecule has 0 aliphatic carbocycles. The second kappa shape index (κ2) is 9.77. The molecule has 2 atom stereocenters. The van der Waals surface area contributed by atoms with E-state index in [9.17, 15) is 9.59 Å². The van der Waals surface area contributed by atoms with E-state index >= 15 is 0 Å². The number of halogens is 1. The molecule has 0 saturated carbocycles. The highest BCUT2D eigenvalue weighted by Crippen LogP contribution is 2.24. The van der Waals surface area contributed by atoms with E-state index in [1.165, 1.54) is 12.8 Å². The Balaban J connectivity index is 0.00000225. The van der Waals surface area contributed by atoms with Gasteiger partial charge in [0, 0.05) is 38.5 Å². The molecule has 0 radical (unpaired) electrons. The summed E-state index contributed by atoms with van der Waals surface area (Å²) in [6.07, 6.45) is 6.97. The quantitative estimate of drug-likeness (QED) is 0.824. The molecule has 25 heavy (non-hydrogen) atoms. The van der Waals surface area contributed by atoms with E-state index in [0.29, 0.717) is 30.1 Å². The summed E-state index contributed by atoms with van der Waals surface area (Å²) in [5, 5.41) is 3.36. The Morgan fingerprint density at radius 1 is 1.04 bits per heavy atom. The fourth-order valence-electron chi connectivity index (χ4n) is 4.47. The van der Waals surface area contributed by atoms with Gasteiger partial charge in [-0.2, -0.15) is 0 Å². The first kappa shape index (κ1) is 20.5. The molecule has 0 aromatic heterocycles. The van der Waals surface area contributed by atoms with Gasteiger partial charge in [-0.15, -0.1) is 12.4 Å². The number of nitrogens with zero attached hydrogens (tertiary/aromatic N) is 2. The van der Waals surface area contributed by atoms with E-state index in [-0.39, 0.29) is 18.3 Å². The fraction of sp³-hybridized carbons (Fsp3) is 0.895. The molecule has 3 aliphatic heterocycles. The third-order valence-electron chi connectivity index (χ3n) is 6.09. The molecule has 0 aromatic carbocycles. The Hall–Kier alpha value is -0.810. The van der Waals surface area contributed by atoms with Gasteiger partial charge in [-0.25, -0.2) is 0 Å². The molecule has 0 aromatic rings. The highest BCUT2D eigenvalue weighted by molar-refractivity contribution is 5.85. The van der Waals surface area contributed by atoms with Gasteiger partial charge in [0.1, 0.15) is 0 Å². The number of amides is 2. The maximum Gasteiger partial charge on any atom is 0.225 e. The van der Waals surface area contributed by atoms with Crippen molar-refractivity contribution in [1.82, 2.24) is 15.1 Å².